The molecule has 0 unspecified atom stereocenters. The molecule has 0 amide bonds. The molecular formula is C22H32O14. The number of esters is 5. The molecule has 0 radical (unpaired) electrons. The Morgan fingerprint density at radius 2 is 0.861 bits per heavy atom. The normalized spacial score (nSPS) is 36.2. The zero-order valence-electron chi connectivity index (χ0n) is 21.0. The van der Waals surface area contributed by atoms with Crippen molar-refractivity contribution in [1.29, 1.82) is 0 Å². The number of hydrogen-bond acceptors (Lipinski definition) is 14. The largest absolute Gasteiger partial charge is 0.456 e. The fraction of sp³-hybridized carbons (Fsp3) is 0.773. The van der Waals surface area contributed by atoms with Crippen molar-refractivity contribution in [3.63, 3.8) is 0 Å². The summed E-state index contributed by atoms with van der Waals surface area (Å²) in [5.74, 6) is -3.77. The molecule has 2 heterocycles. The molecular weight excluding hydrogens is 488 g/mol. The van der Waals surface area contributed by atoms with Gasteiger partial charge in [0.15, 0.2) is 49.2 Å². The van der Waals surface area contributed by atoms with Crippen LogP contribution in [0.4, 0.5) is 0 Å². The molecule has 0 aromatic heterocycles. The molecule has 14 heteroatoms. The summed E-state index contributed by atoms with van der Waals surface area (Å²) in [5.41, 5.74) is 0. The zero-order valence-corrected chi connectivity index (χ0v) is 21.0. The molecule has 0 saturated carbocycles. The van der Waals surface area contributed by atoms with E-state index in [0.717, 1.165) is 34.6 Å². The highest BCUT2D eigenvalue weighted by atomic mass is 16.8. The third-order valence-electron chi connectivity index (χ3n) is 5.27. The monoisotopic (exact) mass is 520 g/mol. The van der Waals surface area contributed by atoms with Crippen LogP contribution in [-0.4, -0.2) is 96.4 Å². The zero-order chi connectivity index (χ0) is 27.3. The summed E-state index contributed by atoms with van der Waals surface area (Å²) < 4.78 is 43.5. The summed E-state index contributed by atoms with van der Waals surface area (Å²) in [6.45, 7) is 8.55. The van der Waals surface area contributed by atoms with E-state index in [4.69, 9.17) is 37.9 Å². The highest BCUT2D eigenvalue weighted by Gasteiger charge is 2.55. The Morgan fingerprint density at radius 1 is 0.528 bits per heavy atom. The summed E-state index contributed by atoms with van der Waals surface area (Å²) in [6.07, 6.45) is -13.2. The Bertz CT molecular complexity index is 843. The first kappa shape index (κ1) is 29.4. The van der Waals surface area contributed by atoms with Gasteiger partial charge in [0.25, 0.3) is 0 Å². The average molecular weight is 520 g/mol. The van der Waals surface area contributed by atoms with Crippen molar-refractivity contribution in [2.24, 2.45) is 0 Å². The van der Waals surface area contributed by atoms with Gasteiger partial charge in [0.05, 0.1) is 12.2 Å². The van der Waals surface area contributed by atoms with Crippen LogP contribution in [-0.2, 0) is 61.9 Å². The standard InChI is InChI=1S/C22H32O14/c1-8-15(31-10(3)23)17(33-12(5)25)19(21(28)29-8)36-22-20(35-14(7)27)18(34-13(6)26)16(9(2)30-22)32-11(4)24/h8-9,15-22,28H,1-7H3/t8-,9-,15-,16-,17+,18+,19+,20+,21+,22-/m0/s1. The second kappa shape index (κ2) is 12.4. The predicted octanol–water partition coefficient (Wildman–Crippen LogP) is -0.488. The minimum absolute atomic E-state index is 0.706. The number of aliphatic hydroxyl groups is 1. The van der Waals surface area contributed by atoms with Gasteiger partial charge >= 0.3 is 29.8 Å². The Balaban J connectivity index is 2.46. The van der Waals surface area contributed by atoms with Gasteiger partial charge in [-0.3, -0.25) is 24.0 Å². The van der Waals surface area contributed by atoms with Crippen LogP contribution in [0.5, 0.6) is 0 Å². The van der Waals surface area contributed by atoms with Crippen molar-refractivity contribution in [3.05, 3.63) is 0 Å². The lowest BCUT2D eigenvalue weighted by Gasteiger charge is -2.47. The molecule has 2 saturated heterocycles. The predicted molar refractivity (Wildman–Crippen MR) is 114 cm³/mol. The molecule has 0 aromatic rings. The van der Waals surface area contributed by atoms with Crippen molar-refractivity contribution in [2.75, 3.05) is 0 Å². The Kier molecular flexibility index (Phi) is 10.2. The topological polar surface area (TPSA) is 179 Å². The summed E-state index contributed by atoms with van der Waals surface area (Å²) in [7, 11) is 0. The third-order valence-corrected chi connectivity index (χ3v) is 5.27. The summed E-state index contributed by atoms with van der Waals surface area (Å²) in [4.78, 5) is 58.9. The van der Waals surface area contributed by atoms with Gasteiger partial charge in [-0.05, 0) is 13.8 Å². The Morgan fingerprint density at radius 3 is 1.28 bits per heavy atom. The fourth-order valence-corrected chi connectivity index (χ4v) is 4.05. The van der Waals surface area contributed by atoms with Gasteiger partial charge in [0.1, 0.15) is 0 Å². The van der Waals surface area contributed by atoms with E-state index in [9.17, 15) is 29.1 Å². The molecule has 0 aliphatic carbocycles. The van der Waals surface area contributed by atoms with Crippen molar-refractivity contribution in [1.82, 2.24) is 0 Å². The quantitative estimate of drug-likeness (QED) is 0.335. The van der Waals surface area contributed by atoms with E-state index in [1.807, 2.05) is 0 Å². The Labute approximate surface area is 207 Å². The van der Waals surface area contributed by atoms with Crippen molar-refractivity contribution < 1.29 is 67.0 Å². The molecule has 14 nitrogen and oxygen atoms in total. The first-order valence-corrected chi connectivity index (χ1v) is 11.2. The van der Waals surface area contributed by atoms with Gasteiger partial charge in [0, 0.05) is 34.6 Å². The molecule has 204 valence electrons. The maximum absolute atomic E-state index is 11.9. The van der Waals surface area contributed by atoms with Crippen LogP contribution >= 0.6 is 0 Å². The lowest BCUT2D eigenvalue weighted by atomic mass is 9.97. The van der Waals surface area contributed by atoms with E-state index >= 15 is 0 Å². The van der Waals surface area contributed by atoms with Gasteiger partial charge in [0.2, 0.25) is 0 Å². The second-order valence-corrected chi connectivity index (χ2v) is 8.41. The highest BCUT2D eigenvalue weighted by Crippen LogP contribution is 2.34. The highest BCUT2D eigenvalue weighted by molar-refractivity contribution is 5.69. The minimum atomic E-state index is -1.70. The van der Waals surface area contributed by atoms with E-state index in [-0.39, 0.29) is 0 Å². The second-order valence-electron chi connectivity index (χ2n) is 8.41. The van der Waals surface area contributed by atoms with Gasteiger partial charge in [-0.2, -0.15) is 0 Å². The lowest BCUT2D eigenvalue weighted by Crippen LogP contribution is -2.65. The molecule has 2 aliphatic heterocycles. The molecule has 1 N–H and O–H groups in total. The van der Waals surface area contributed by atoms with Crippen molar-refractivity contribution >= 4 is 29.8 Å². The Hall–Kier alpha value is -2.81. The van der Waals surface area contributed by atoms with Gasteiger partial charge in [-0.1, -0.05) is 0 Å². The van der Waals surface area contributed by atoms with E-state index in [0.29, 0.717) is 0 Å². The van der Waals surface area contributed by atoms with Crippen LogP contribution in [0.25, 0.3) is 0 Å². The SMILES string of the molecule is CC(=O)O[C@@H]1[C@@H](OC(C)=O)[C@H](C)O[C@@H](O)[C@@H]1O[C@@H]1O[C@@H](C)[C@H](OC(C)=O)[C@@H](OC(C)=O)[C@H]1OC(C)=O. The van der Waals surface area contributed by atoms with Crippen LogP contribution < -0.4 is 0 Å². The van der Waals surface area contributed by atoms with Crippen LogP contribution in [0.2, 0.25) is 0 Å². The third kappa shape index (κ3) is 7.59. The number of carbonyl (C=O) groups is 5. The summed E-state index contributed by atoms with van der Waals surface area (Å²) >= 11 is 0. The maximum atomic E-state index is 11.9. The summed E-state index contributed by atoms with van der Waals surface area (Å²) in [6, 6.07) is 0. The molecule has 10 atom stereocenters. The van der Waals surface area contributed by atoms with E-state index < -0.39 is 91.3 Å². The smallest absolute Gasteiger partial charge is 0.303 e. The molecule has 0 spiro atoms. The molecule has 2 aliphatic rings. The minimum Gasteiger partial charge on any atom is -0.456 e. The van der Waals surface area contributed by atoms with Crippen LogP contribution in [0.15, 0.2) is 0 Å². The van der Waals surface area contributed by atoms with Crippen LogP contribution in [0, 0.1) is 0 Å². The number of carbonyl (C=O) groups excluding carboxylic acids is 5. The van der Waals surface area contributed by atoms with Crippen LogP contribution in [0.3, 0.4) is 0 Å². The van der Waals surface area contributed by atoms with Gasteiger partial charge in [-0.15, -0.1) is 0 Å². The van der Waals surface area contributed by atoms with Gasteiger partial charge < -0.3 is 43.0 Å². The van der Waals surface area contributed by atoms with Crippen molar-refractivity contribution in [3.8, 4) is 0 Å². The first-order chi connectivity index (χ1) is 16.7. The molecule has 2 fully saturated rings. The molecule has 0 aromatic carbocycles. The van der Waals surface area contributed by atoms with Gasteiger partial charge in [-0.25, -0.2) is 0 Å². The van der Waals surface area contributed by atoms with E-state index in [1.54, 1.807) is 0 Å². The average Bonchev–Trinajstić information content (AvgIpc) is 2.71. The van der Waals surface area contributed by atoms with Crippen LogP contribution in [0.1, 0.15) is 48.5 Å². The molecule has 2 rings (SSSR count). The fourth-order valence-electron chi connectivity index (χ4n) is 4.05. The maximum Gasteiger partial charge on any atom is 0.303 e. The summed E-state index contributed by atoms with van der Waals surface area (Å²) in [5, 5.41) is 10.6. The lowest BCUT2D eigenvalue weighted by molar-refractivity contribution is -0.357. The van der Waals surface area contributed by atoms with E-state index in [1.165, 1.54) is 13.8 Å². The first-order valence-electron chi connectivity index (χ1n) is 11.2. The number of ether oxygens (including phenoxy) is 8. The number of hydrogen-bond donors (Lipinski definition) is 1. The number of rotatable bonds is 7. The number of aliphatic hydroxyl groups excluding tert-OH is 1. The molecule has 0 bridgehead atoms. The van der Waals surface area contributed by atoms with Crippen molar-refractivity contribution in [2.45, 2.75) is 110 Å². The van der Waals surface area contributed by atoms with E-state index in [2.05, 4.69) is 0 Å². The molecule has 36 heavy (non-hydrogen) atoms.